The largest absolute Gasteiger partial charge is 0.463 e. The van der Waals surface area contributed by atoms with Crippen LogP contribution in [0.3, 0.4) is 0 Å². The molecular weight excluding hydrogens is 432 g/mol. The Hall–Kier alpha value is -0.950. The molecule has 0 bridgehead atoms. The van der Waals surface area contributed by atoms with E-state index in [-0.39, 0.29) is 42.5 Å². The molecule has 4 atom stereocenters. The van der Waals surface area contributed by atoms with Crippen molar-refractivity contribution in [3.63, 3.8) is 0 Å². The highest BCUT2D eigenvalue weighted by Crippen LogP contribution is 2.44. The van der Waals surface area contributed by atoms with E-state index in [4.69, 9.17) is 14.2 Å². The van der Waals surface area contributed by atoms with Gasteiger partial charge in [-0.3, -0.25) is 4.79 Å². The number of ether oxygens (including phenoxy) is 3. The average molecular weight is 483 g/mol. The van der Waals surface area contributed by atoms with Gasteiger partial charge in [0.2, 0.25) is 0 Å². The summed E-state index contributed by atoms with van der Waals surface area (Å²) < 4.78 is 17.4. The fourth-order valence-electron chi connectivity index (χ4n) is 5.64. The number of aliphatic hydroxyl groups excluding tert-OH is 2. The van der Waals surface area contributed by atoms with Gasteiger partial charge in [0.25, 0.3) is 0 Å². The Morgan fingerprint density at radius 2 is 1.79 bits per heavy atom. The summed E-state index contributed by atoms with van der Waals surface area (Å²) >= 11 is 0. The van der Waals surface area contributed by atoms with Crippen LogP contribution < -0.4 is 0 Å². The van der Waals surface area contributed by atoms with Crippen molar-refractivity contribution in [1.82, 2.24) is 0 Å². The quantitative estimate of drug-likeness (QED) is 0.161. The van der Waals surface area contributed by atoms with E-state index in [2.05, 4.69) is 19.1 Å². The number of unbranched alkanes of at least 4 members (excludes halogenated alkanes) is 5. The van der Waals surface area contributed by atoms with E-state index in [0.717, 1.165) is 44.9 Å². The van der Waals surface area contributed by atoms with Crippen molar-refractivity contribution >= 4 is 5.97 Å². The van der Waals surface area contributed by atoms with E-state index < -0.39 is 5.79 Å². The number of aliphatic hydroxyl groups is 2. The summed E-state index contributed by atoms with van der Waals surface area (Å²) in [5.41, 5.74) is 0. The summed E-state index contributed by atoms with van der Waals surface area (Å²) in [6, 6.07) is 0. The third-order valence-electron chi connectivity index (χ3n) is 7.46. The molecule has 2 aliphatic rings. The summed E-state index contributed by atoms with van der Waals surface area (Å²) in [4.78, 5) is 11.6. The molecule has 2 rings (SSSR count). The SMILES string of the molecule is CCCCCCCC1(CC[C@H]2[C@H](CO)C[C@H](O)[C@@H]2CC=CCCCC(=O)OC(C)C)OCCO1. The second kappa shape index (κ2) is 15.9. The Kier molecular flexibility index (Phi) is 13.7. The molecule has 0 aromatic rings. The minimum Gasteiger partial charge on any atom is -0.463 e. The number of carbonyl (C=O) groups is 1. The van der Waals surface area contributed by atoms with Crippen LogP contribution in [-0.2, 0) is 19.0 Å². The maximum atomic E-state index is 11.6. The zero-order chi connectivity index (χ0) is 24.8. The molecule has 198 valence electrons. The molecule has 6 heteroatoms. The Morgan fingerprint density at radius 1 is 1.06 bits per heavy atom. The lowest BCUT2D eigenvalue weighted by molar-refractivity contribution is -0.171. The van der Waals surface area contributed by atoms with Crippen molar-refractivity contribution < 1.29 is 29.2 Å². The number of rotatable bonds is 17. The molecule has 0 radical (unpaired) electrons. The van der Waals surface area contributed by atoms with Crippen molar-refractivity contribution in [2.45, 2.75) is 122 Å². The fraction of sp³-hybridized carbons (Fsp3) is 0.893. The molecule has 1 heterocycles. The normalized spacial score (nSPS) is 26.6. The zero-order valence-corrected chi connectivity index (χ0v) is 21.9. The lowest BCUT2D eigenvalue weighted by Gasteiger charge is -2.31. The van der Waals surface area contributed by atoms with Gasteiger partial charge in [0, 0.05) is 25.9 Å². The summed E-state index contributed by atoms with van der Waals surface area (Å²) in [6.07, 6.45) is 16.1. The number of esters is 1. The minimum atomic E-state index is -0.481. The van der Waals surface area contributed by atoms with Crippen LogP contribution in [0.5, 0.6) is 0 Å². The maximum absolute atomic E-state index is 11.6. The van der Waals surface area contributed by atoms with Crippen molar-refractivity contribution in [2.24, 2.45) is 17.8 Å². The first kappa shape index (κ1) is 29.3. The van der Waals surface area contributed by atoms with Crippen molar-refractivity contribution in [3.8, 4) is 0 Å². The van der Waals surface area contributed by atoms with Crippen LogP contribution in [0.4, 0.5) is 0 Å². The molecule has 1 saturated carbocycles. The number of hydrogen-bond donors (Lipinski definition) is 2. The topological polar surface area (TPSA) is 85.2 Å². The highest BCUT2D eigenvalue weighted by atomic mass is 16.7. The summed E-state index contributed by atoms with van der Waals surface area (Å²) in [6.45, 7) is 7.38. The fourth-order valence-corrected chi connectivity index (χ4v) is 5.64. The Bertz CT molecular complexity index is 583. The summed E-state index contributed by atoms with van der Waals surface area (Å²) in [7, 11) is 0. The standard InChI is InChI=1S/C28H50O6/c1-4-5-6-9-12-16-28(32-18-19-33-28)17-15-24-23(21-29)20-26(30)25(24)13-10-7-8-11-14-27(31)34-22(2)3/h7,10,22-26,29-30H,4-6,8-9,11-21H2,1-3H3/t23-,24-,25+,26-/m0/s1. The highest BCUT2D eigenvalue weighted by Gasteiger charge is 2.44. The van der Waals surface area contributed by atoms with Crippen molar-refractivity contribution in [3.05, 3.63) is 12.2 Å². The van der Waals surface area contributed by atoms with Crippen LogP contribution in [-0.4, -0.2) is 54.0 Å². The summed E-state index contributed by atoms with van der Waals surface area (Å²) in [5.74, 6) is -0.0962. The van der Waals surface area contributed by atoms with Gasteiger partial charge in [-0.1, -0.05) is 44.8 Å². The lowest BCUT2D eigenvalue weighted by Crippen LogP contribution is -2.32. The first-order chi connectivity index (χ1) is 16.4. The van der Waals surface area contributed by atoms with Gasteiger partial charge >= 0.3 is 5.97 Å². The molecule has 1 saturated heterocycles. The van der Waals surface area contributed by atoms with E-state index >= 15 is 0 Å². The van der Waals surface area contributed by atoms with Crippen LogP contribution in [0.1, 0.15) is 104 Å². The van der Waals surface area contributed by atoms with Gasteiger partial charge in [-0.25, -0.2) is 0 Å². The van der Waals surface area contributed by atoms with Gasteiger partial charge in [-0.05, 0) is 70.1 Å². The third-order valence-corrected chi connectivity index (χ3v) is 7.46. The Morgan fingerprint density at radius 3 is 2.47 bits per heavy atom. The molecule has 0 unspecified atom stereocenters. The molecule has 0 aromatic heterocycles. The first-order valence-electron chi connectivity index (χ1n) is 13.8. The molecule has 0 amide bonds. The molecule has 1 aliphatic heterocycles. The van der Waals surface area contributed by atoms with Crippen LogP contribution in [0.15, 0.2) is 12.2 Å². The minimum absolute atomic E-state index is 0.0662. The van der Waals surface area contributed by atoms with Gasteiger partial charge < -0.3 is 24.4 Å². The van der Waals surface area contributed by atoms with E-state index in [1.165, 1.54) is 25.7 Å². The maximum Gasteiger partial charge on any atom is 0.306 e. The summed E-state index contributed by atoms with van der Waals surface area (Å²) in [5, 5.41) is 20.7. The van der Waals surface area contributed by atoms with Crippen LogP contribution >= 0.6 is 0 Å². The smallest absolute Gasteiger partial charge is 0.306 e. The molecule has 34 heavy (non-hydrogen) atoms. The van der Waals surface area contributed by atoms with Crippen molar-refractivity contribution in [2.75, 3.05) is 19.8 Å². The van der Waals surface area contributed by atoms with E-state index in [1.807, 2.05) is 13.8 Å². The number of hydrogen-bond acceptors (Lipinski definition) is 6. The average Bonchev–Trinajstić information content (AvgIpc) is 3.38. The second-order valence-corrected chi connectivity index (χ2v) is 10.5. The van der Waals surface area contributed by atoms with E-state index in [0.29, 0.717) is 26.1 Å². The van der Waals surface area contributed by atoms with Crippen LogP contribution in [0, 0.1) is 17.8 Å². The number of carbonyl (C=O) groups excluding carboxylic acids is 1. The number of allylic oxidation sites excluding steroid dienone is 2. The predicted molar refractivity (Wildman–Crippen MR) is 134 cm³/mol. The first-order valence-corrected chi connectivity index (χ1v) is 13.8. The van der Waals surface area contributed by atoms with Gasteiger partial charge in [-0.15, -0.1) is 0 Å². The Balaban J connectivity index is 1.83. The second-order valence-electron chi connectivity index (χ2n) is 10.5. The van der Waals surface area contributed by atoms with E-state index in [9.17, 15) is 15.0 Å². The predicted octanol–water partition coefficient (Wildman–Crippen LogP) is 5.54. The van der Waals surface area contributed by atoms with Crippen LogP contribution in [0.25, 0.3) is 0 Å². The molecule has 2 N–H and O–H groups in total. The molecule has 6 nitrogen and oxygen atoms in total. The molecule has 0 aromatic carbocycles. The molecule has 2 fully saturated rings. The van der Waals surface area contributed by atoms with E-state index in [1.54, 1.807) is 0 Å². The van der Waals surface area contributed by atoms with Gasteiger partial charge in [-0.2, -0.15) is 0 Å². The Labute approximate surface area is 207 Å². The molecular formula is C28H50O6. The highest BCUT2D eigenvalue weighted by molar-refractivity contribution is 5.69. The lowest BCUT2D eigenvalue weighted by atomic mass is 9.82. The van der Waals surface area contributed by atoms with Crippen molar-refractivity contribution in [1.29, 1.82) is 0 Å². The van der Waals surface area contributed by atoms with Gasteiger partial charge in [0.15, 0.2) is 5.79 Å². The molecule has 0 spiro atoms. The third kappa shape index (κ3) is 9.96. The van der Waals surface area contributed by atoms with Gasteiger partial charge in [0.05, 0.1) is 25.4 Å². The van der Waals surface area contributed by atoms with Gasteiger partial charge in [0.1, 0.15) is 0 Å². The molecule has 1 aliphatic carbocycles. The monoisotopic (exact) mass is 482 g/mol. The zero-order valence-electron chi connectivity index (χ0n) is 21.9. The van der Waals surface area contributed by atoms with Crippen LogP contribution in [0.2, 0.25) is 0 Å².